The van der Waals surface area contributed by atoms with Crippen LogP contribution in [0, 0.1) is 5.92 Å². The third-order valence-corrected chi connectivity index (χ3v) is 4.04. The molecule has 5 nitrogen and oxygen atoms in total. The van der Waals surface area contributed by atoms with Crippen LogP contribution in [0.3, 0.4) is 0 Å². The number of rotatable bonds is 7. The van der Waals surface area contributed by atoms with Crippen LogP contribution < -0.4 is 15.5 Å². The van der Waals surface area contributed by atoms with Crippen molar-refractivity contribution in [1.82, 2.24) is 5.32 Å². The molecule has 0 aliphatic heterocycles. The lowest BCUT2D eigenvalue weighted by molar-refractivity contribution is 0.0952. The van der Waals surface area contributed by atoms with Crippen molar-refractivity contribution in [3.8, 4) is 0 Å². The zero-order chi connectivity index (χ0) is 19.1. The molecule has 0 spiro atoms. The Hall–Kier alpha value is -2.82. The highest BCUT2D eigenvalue weighted by Crippen LogP contribution is 2.17. The Bertz CT molecular complexity index is 752. The summed E-state index contributed by atoms with van der Waals surface area (Å²) in [5.41, 5.74) is 2.72. The second kappa shape index (κ2) is 9.04. The Morgan fingerprint density at radius 3 is 2.15 bits per heavy atom. The maximum absolute atomic E-state index is 12.5. The molecule has 0 heterocycles. The Balaban J connectivity index is 2.01. The molecule has 0 bridgehead atoms. The van der Waals surface area contributed by atoms with Crippen LogP contribution in [0.25, 0.3) is 0 Å². The van der Waals surface area contributed by atoms with Gasteiger partial charge in [-0.15, -0.1) is 0 Å². The Labute approximate surface area is 155 Å². The molecule has 0 aromatic heterocycles. The fourth-order valence-electron chi connectivity index (χ4n) is 2.42. The van der Waals surface area contributed by atoms with Gasteiger partial charge in [0.2, 0.25) is 0 Å². The first-order valence-corrected chi connectivity index (χ1v) is 8.84. The monoisotopic (exact) mass is 353 g/mol. The second-order valence-electron chi connectivity index (χ2n) is 6.91. The van der Waals surface area contributed by atoms with Gasteiger partial charge in [0.1, 0.15) is 0 Å². The zero-order valence-corrected chi connectivity index (χ0v) is 15.9. The maximum Gasteiger partial charge on any atom is 0.255 e. The molecular weight excluding hydrogens is 326 g/mol. The molecular formula is C21H27N3O2. The molecule has 138 valence electrons. The Morgan fingerprint density at radius 2 is 1.58 bits per heavy atom. The highest BCUT2D eigenvalue weighted by atomic mass is 16.2. The summed E-state index contributed by atoms with van der Waals surface area (Å²) in [5, 5.41) is 5.75. The highest BCUT2D eigenvalue weighted by molar-refractivity contribution is 6.06. The average molecular weight is 353 g/mol. The Morgan fingerprint density at radius 1 is 0.962 bits per heavy atom. The summed E-state index contributed by atoms with van der Waals surface area (Å²) in [6, 6.07) is 14.4. The molecule has 5 heteroatoms. The largest absolute Gasteiger partial charge is 0.378 e. The molecule has 2 rings (SSSR count). The molecule has 0 aliphatic carbocycles. The molecule has 0 aliphatic rings. The van der Waals surface area contributed by atoms with Crippen LogP contribution in [-0.2, 0) is 0 Å². The first-order chi connectivity index (χ1) is 12.4. The van der Waals surface area contributed by atoms with Crippen LogP contribution in [0.5, 0.6) is 0 Å². The topological polar surface area (TPSA) is 61.4 Å². The summed E-state index contributed by atoms with van der Waals surface area (Å²) < 4.78 is 0. The number of nitrogens with zero attached hydrogens (tertiary/aromatic N) is 1. The third kappa shape index (κ3) is 5.62. The maximum atomic E-state index is 12.5. The molecule has 0 saturated heterocycles. The van der Waals surface area contributed by atoms with Gasteiger partial charge in [-0.05, 0) is 54.8 Å². The quantitative estimate of drug-likeness (QED) is 0.796. The minimum atomic E-state index is -0.237. The minimum absolute atomic E-state index is 0.157. The highest BCUT2D eigenvalue weighted by Gasteiger charge is 2.11. The number of benzene rings is 2. The molecule has 2 amide bonds. The van der Waals surface area contributed by atoms with E-state index in [1.165, 1.54) is 0 Å². The van der Waals surface area contributed by atoms with Gasteiger partial charge in [-0.25, -0.2) is 0 Å². The standard InChI is InChI=1S/C21H27N3O2/c1-15(2)12-13-22-20(25)16-6-5-7-17(14-16)21(26)23-18-8-10-19(11-9-18)24(3)4/h5-11,14-15H,12-13H2,1-4H3,(H,22,25)(H,23,26). The van der Waals surface area contributed by atoms with Crippen LogP contribution in [0.15, 0.2) is 48.5 Å². The van der Waals surface area contributed by atoms with Crippen molar-refractivity contribution in [3.63, 3.8) is 0 Å². The molecule has 0 unspecified atom stereocenters. The molecule has 0 atom stereocenters. The van der Waals surface area contributed by atoms with Gasteiger partial charge in [0.05, 0.1) is 0 Å². The molecule has 2 N–H and O–H groups in total. The predicted octanol–water partition coefficient (Wildman–Crippen LogP) is 3.78. The first kappa shape index (κ1) is 19.5. The van der Waals surface area contributed by atoms with E-state index < -0.39 is 0 Å². The lowest BCUT2D eigenvalue weighted by atomic mass is 10.1. The average Bonchev–Trinajstić information content (AvgIpc) is 2.62. The lowest BCUT2D eigenvalue weighted by Crippen LogP contribution is -2.25. The van der Waals surface area contributed by atoms with E-state index in [2.05, 4.69) is 24.5 Å². The Kier molecular flexibility index (Phi) is 6.78. The van der Waals surface area contributed by atoms with Gasteiger partial charge >= 0.3 is 0 Å². The van der Waals surface area contributed by atoms with E-state index in [1.807, 2.05) is 43.3 Å². The molecule has 0 radical (unpaired) electrons. The van der Waals surface area contributed by atoms with E-state index in [1.54, 1.807) is 24.3 Å². The minimum Gasteiger partial charge on any atom is -0.378 e. The number of hydrogen-bond donors (Lipinski definition) is 2. The van der Waals surface area contributed by atoms with Crippen molar-refractivity contribution in [3.05, 3.63) is 59.7 Å². The van der Waals surface area contributed by atoms with Gasteiger partial charge in [0.25, 0.3) is 11.8 Å². The van der Waals surface area contributed by atoms with Crippen LogP contribution in [-0.4, -0.2) is 32.5 Å². The van der Waals surface area contributed by atoms with Crippen molar-refractivity contribution in [1.29, 1.82) is 0 Å². The normalized spacial score (nSPS) is 10.5. The molecule has 2 aromatic rings. The van der Waals surface area contributed by atoms with Crippen molar-refractivity contribution in [2.24, 2.45) is 5.92 Å². The van der Waals surface area contributed by atoms with E-state index in [0.29, 0.717) is 29.3 Å². The summed E-state index contributed by atoms with van der Waals surface area (Å²) in [4.78, 5) is 26.7. The lowest BCUT2D eigenvalue weighted by Gasteiger charge is -2.13. The van der Waals surface area contributed by atoms with Gasteiger partial charge in [-0.2, -0.15) is 0 Å². The first-order valence-electron chi connectivity index (χ1n) is 8.84. The van der Waals surface area contributed by atoms with Crippen LogP contribution in [0.1, 0.15) is 41.0 Å². The zero-order valence-electron chi connectivity index (χ0n) is 15.9. The van der Waals surface area contributed by atoms with Crippen molar-refractivity contribution in [2.45, 2.75) is 20.3 Å². The van der Waals surface area contributed by atoms with Gasteiger partial charge in [-0.3, -0.25) is 9.59 Å². The van der Waals surface area contributed by atoms with Gasteiger partial charge < -0.3 is 15.5 Å². The van der Waals surface area contributed by atoms with Gasteiger partial charge in [0.15, 0.2) is 0 Å². The van der Waals surface area contributed by atoms with Gasteiger partial charge in [-0.1, -0.05) is 19.9 Å². The van der Waals surface area contributed by atoms with Crippen LogP contribution in [0.4, 0.5) is 11.4 Å². The predicted molar refractivity (Wildman–Crippen MR) is 107 cm³/mol. The fraction of sp³-hybridized carbons (Fsp3) is 0.333. The molecule has 0 saturated carbocycles. The summed E-state index contributed by atoms with van der Waals surface area (Å²) in [7, 11) is 3.93. The number of anilines is 2. The van der Waals surface area contributed by atoms with Crippen molar-refractivity contribution in [2.75, 3.05) is 30.9 Å². The number of nitrogens with one attached hydrogen (secondary N) is 2. The van der Waals surface area contributed by atoms with Crippen LogP contribution >= 0.6 is 0 Å². The number of hydrogen-bond acceptors (Lipinski definition) is 3. The second-order valence-corrected chi connectivity index (χ2v) is 6.91. The number of carbonyl (C=O) groups is 2. The van der Waals surface area contributed by atoms with E-state index in [-0.39, 0.29) is 11.8 Å². The smallest absolute Gasteiger partial charge is 0.255 e. The van der Waals surface area contributed by atoms with E-state index in [4.69, 9.17) is 0 Å². The summed E-state index contributed by atoms with van der Waals surface area (Å²) in [6.45, 7) is 4.86. The molecule has 26 heavy (non-hydrogen) atoms. The summed E-state index contributed by atoms with van der Waals surface area (Å²) in [6.07, 6.45) is 0.925. The summed E-state index contributed by atoms with van der Waals surface area (Å²) >= 11 is 0. The third-order valence-electron chi connectivity index (χ3n) is 4.04. The molecule has 2 aromatic carbocycles. The molecule has 0 fully saturated rings. The van der Waals surface area contributed by atoms with E-state index in [9.17, 15) is 9.59 Å². The SMILES string of the molecule is CC(C)CCNC(=O)c1cccc(C(=O)Nc2ccc(N(C)C)cc2)c1. The summed E-state index contributed by atoms with van der Waals surface area (Å²) in [5.74, 6) is 0.140. The van der Waals surface area contributed by atoms with Crippen molar-refractivity contribution >= 4 is 23.2 Å². The van der Waals surface area contributed by atoms with Gasteiger partial charge in [0, 0.05) is 43.1 Å². The van der Waals surface area contributed by atoms with E-state index in [0.717, 1.165) is 12.1 Å². The van der Waals surface area contributed by atoms with Crippen molar-refractivity contribution < 1.29 is 9.59 Å². The van der Waals surface area contributed by atoms with E-state index >= 15 is 0 Å². The number of amides is 2. The number of carbonyl (C=O) groups excluding carboxylic acids is 2. The fourth-order valence-corrected chi connectivity index (χ4v) is 2.42. The van der Waals surface area contributed by atoms with Crippen LogP contribution in [0.2, 0.25) is 0 Å².